The summed E-state index contributed by atoms with van der Waals surface area (Å²) in [4.78, 5) is 38.9. The lowest BCUT2D eigenvalue weighted by Crippen LogP contribution is -2.66. The number of amides is 1. The van der Waals surface area contributed by atoms with Crippen LogP contribution >= 0.6 is 0 Å². The zero-order valence-electron chi connectivity index (χ0n) is 21.1. The number of alkyl carbamates (subject to hydrolysis) is 1. The van der Waals surface area contributed by atoms with Crippen LogP contribution in [0.3, 0.4) is 0 Å². The van der Waals surface area contributed by atoms with E-state index in [1.54, 1.807) is 63.2 Å². The monoisotopic (exact) mass is 495 g/mol. The normalized spacial score (nSPS) is 24.0. The number of aromatic hydroxyl groups is 1. The molecule has 3 aliphatic heterocycles. The number of ketones is 1. The number of piperidine rings is 3. The van der Waals surface area contributed by atoms with Gasteiger partial charge in [-0.25, -0.2) is 9.59 Å². The van der Waals surface area contributed by atoms with Crippen molar-refractivity contribution in [1.29, 1.82) is 0 Å². The first kappa shape index (κ1) is 25.7. The fourth-order valence-corrected chi connectivity index (χ4v) is 5.24. The number of hydrogen-bond donors (Lipinski definition) is 2. The predicted molar refractivity (Wildman–Crippen MR) is 133 cm³/mol. The summed E-state index contributed by atoms with van der Waals surface area (Å²) in [6.45, 7) is 7.71. The van der Waals surface area contributed by atoms with E-state index in [2.05, 4.69) is 5.32 Å². The van der Waals surface area contributed by atoms with Gasteiger partial charge in [0.05, 0.1) is 18.7 Å². The van der Waals surface area contributed by atoms with Gasteiger partial charge in [-0.05, 0) is 38.5 Å². The van der Waals surface area contributed by atoms with Crippen molar-refractivity contribution in [3.63, 3.8) is 0 Å². The van der Waals surface area contributed by atoms with Crippen LogP contribution in [0.15, 0.2) is 54.6 Å². The summed E-state index contributed by atoms with van der Waals surface area (Å²) >= 11 is 0. The number of hydrogen-bond acceptors (Lipinski definition) is 6. The average molecular weight is 496 g/mol. The third-order valence-corrected chi connectivity index (χ3v) is 7.02. The summed E-state index contributed by atoms with van der Waals surface area (Å²) in [6, 6.07) is 14.5. The Hall–Kier alpha value is -3.39. The third-order valence-electron chi connectivity index (χ3n) is 7.02. The fourth-order valence-electron chi connectivity index (χ4n) is 5.24. The van der Waals surface area contributed by atoms with Crippen molar-refractivity contribution >= 4 is 17.8 Å². The highest BCUT2D eigenvalue weighted by atomic mass is 16.6. The Labute approximate surface area is 211 Å². The molecule has 0 aliphatic carbocycles. The fraction of sp³-hybridized carbons (Fsp3) is 0.464. The van der Waals surface area contributed by atoms with Crippen molar-refractivity contribution in [1.82, 2.24) is 5.32 Å². The zero-order chi connectivity index (χ0) is 25.9. The molecule has 1 amide bonds. The number of rotatable bonds is 7. The van der Waals surface area contributed by atoms with Crippen LogP contribution in [-0.4, -0.2) is 65.3 Å². The summed E-state index contributed by atoms with van der Waals surface area (Å²) in [7, 11) is 0. The quantitative estimate of drug-likeness (QED) is 0.342. The van der Waals surface area contributed by atoms with Crippen LogP contribution in [-0.2, 0) is 14.3 Å². The summed E-state index contributed by atoms with van der Waals surface area (Å²) in [6.07, 6.45) is 0.644. The van der Waals surface area contributed by atoms with Crippen LogP contribution in [0.4, 0.5) is 4.79 Å². The predicted octanol–water partition coefficient (Wildman–Crippen LogP) is 3.99. The van der Waals surface area contributed by atoms with E-state index >= 15 is 0 Å². The highest BCUT2D eigenvalue weighted by molar-refractivity contribution is 5.99. The smallest absolute Gasteiger partial charge is 0.408 e. The van der Waals surface area contributed by atoms with Gasteiger partial charge in [-0.3, -0.25) is 4.79 Å². The SMILES string of the molecule is CC(C)(C)OC(=O)NC(C(=O)OC1C[N+]2(CC(=O)c3ccccc3O)CCC1CC2)c1ccccc1. The number of Topliss-reactive ketones (excluding diaryl/α,β-unsaturated/α-hetero) is 1. The summed E-state index contributed by atoms with van der Waals surface area (Å²) in [5.41, 5.74) is 0.214. The molecule has 0 spiro atoms. The number of benzene rings is 2. The molecule has 5 rings (SSSR count). The molecule has 2 aromatic rings. The number of ether oxygens (including phenoxy) is 2. The Kier molecular flexibility index (Phi) is 7.36. The lowest BCUT2D eigenvalue weighted by atomic mass is 9.82. The number of carbonyl (C=O) groups excluding carboxylic acids is 3. The molecule has 3 heterocycles. The van der Waals surface area contributed by atoms with Gasteiger partial charge >= 0.3 is 12.1 Å². The zero-order valence-corrected chi connectivity index (χ0v) is 21.1. The van der Waals surface area contributed by atoms with E-state index < -0.39 is 23.7 Å². The van der Waals surface area contributed by atoms with Crippen LogP contribution in [0.5, 0.6) is 5.75 Å². The molecule has 2 unspecified atom stereocenters. The molecule has 2 atom stereocenters. The van der Waals surface area contributed by atoms with Crippen molar-refractivity contribution in [2.24, 2.45) is 5.92 Å². The Morgan fingerprint density at radius 1 is 1.03 bits per heavy atom. The van der Waals surface area contributed by atoms with E-state index in [9.17, 15) is 19.5 Å². The maximum Gasteiger partial charge on any atom is 0.408 e. The van der Waals surface area contributed by atoms with E-state index in [-0.39, 0.29) is 30.1 Å². The molecule has 8 heteroatoms. The van der Waals surface area contributed by atoms with Crippen LogP contribution in [0.2, 0.25) is 0 Å². The second-order valence-corrected chi connectivity index (χ2v) is 10.9. The Bertz CT molecular complexity index is 1100. The summed E-state index contributed by atoms with van der Waals surface area (Å²) in [5.74, 6) is -0.468. The molecule has 36 heavy (non-hydrogen) atoms. The number of quaternary nitrogens is 1. The first-order valence-corrected chi connectivity index (χ1v) is 12.5. The third kappa shape index (κ3) is 6.05. The molecular weight excluding hydrogens is 460 g/mol. The van der Waals surface area contributed by atoms with Gasteiger partial charge in [0.2, 0.25) is 5.78 Å². The van der Waals surface area contributed by atoms with E-state index in [1.807, 2.05) is 6.07 Å². The first-order valence-electron chi connectivity index (χ1n) is 12.5. The number of phenolic OH excluding ortho intramolecular Hbond substituents is 1. The second kappa shape index (κ2) is 10.3. The molecule has 2 N–H and O–H groups in total. The first-order chi connectivity index (χ1) is 17.1. The topological polar surface area (TPSA) is 102 Å². The van der Waals surface area contributed by atoms with Gasteiger partial charge in [0, 0.05) is 18.8 Å². The van der Waals surface area contributed by atoms with Gasteiger partial charge in [-0.1, -0.05) is 42.5 Å². The van der Waals surface area contributed by atoms with E-state index in [0.29, 0.717) is 22.2 Å². The lowest BCUT2D eigenvalue weighted by Gasteiger charge is -2.51. The van der Waals surface area contributed by atoms with Gasteiger partial charge in [-0.2, -0.15) is 0 Å². The van der Waals surface area contributed by atoms with Crippen molar-refractivity contribution in [2.75, 3.05) is 26.2 Å². The molecular formula is C28H35N2O6+. The van der Waals surface area contributed by atoms with Crippen molar-refractivity contribution in [2.45, 2.75) is 51.4 Å². The molecule has 3 fully saturated rings. The van der Waals surface area contributed by atoms with E-state index in [4.69, 9.17) is 9.47 Å². The van der Waals surface area contributed by atoms with Crippen molar-refractivity contribution in [3.8, 4) is 5.75 Å². The Morgan fingerprint density at radius 3 is 2.31 bits per heavy atom. The number of para-hydroxylation sites is 1. The molecule has 192 valence electrons. The average Bonchev–Trinajstić information content (AvgIpc) is 2.82. The lowest BCUT2D eigenvalue weighted by molar-refractivity contribution is -0.938. The maximum atomic E-state index is 13.4. The Balaban J connectivity index is 1.47. The van der Waals surface area contributed by atoms with Crippen molar-refractivity contribution in [3.05, 3.63) is 65.7 Å². The molecule has 2 aromatic carbocycles. The van der Waals surface area contributed by atoms with E-state index in [0.717, 1.165) is 25.9 Å². The molecule has 3 saturated heterocycles. The molecule has 2 bridgehead atoms. The number of nitrogens with one attached hydrogen (secondary N) is 1. The van der Waals surface area contributed by atoms with Gasteiger partial charge < -0.3 is 24.4 Å². The van der Waals surface area contributed by atoms with Crippen LogP contribution < -0.4 is 5.32 Å². The standard InChI is InChI=1S/C28H34N2O6/c1-28(2,3)36-27(34)29-25(20-9-5-4-6-10-20)26(33)35-24-18-30(15-13-19(24)14-16-30)17-23(32)21-11-7-8-12-22(21)31/h4-12,19,24-25H,13-18H2,1-3H3,(H-,29,31,32,34)/p+1. The molecule has 0 radical (unpaired) electrons. The minimum Gasteiger partial charge on any atom is -0.507 e. The molecule has 0 aromatic heterocycles. The second-order valence-electron chi connectivity index (χ2n) is 10.9. The number of nitrogens with zero attached hydrogens (tertiary/aromatic N) is 1. The summed E-state index contributed by atoms with van der Waals surface area (Å²) < 4.78 is 11.9. The maximum absolute atomic E-state index is 13.4. The summed E-state index contributed by atoms with van der Waals surface area (Å²) in [5, 5.41) is 12.8. The molecule has 3 aliphatic rings. The number of carbonyl (C=O) groups is 3. The molecule has 8 nitrogen and oxygen atoms in total. The highest BCUT2D eigenvalue weighted by Gasteiger charge is 2.49. The van der Waals surface area contributed by atoms with Gasteiger partial charge in [-0.15, -0.1) is 0 Å². The largest absolute Gasteiger partial charge is 0.507 e. The van der Waals surface area contributed by atoms with Crippen LogP contribution in [0, 0.1) is 5.92 Å². The van der Waals surface area contributed by atoms with Gasteiger partial charge in [0.1, 0.15) is 24.4 Å². The van der Waals surface area contributed by atoms with Crippen molar-refractivity contribution < 1.29 is 33.4 Å². The number of esters is 1. The molecule has 0 saturated carbocycles. The number of phenols is 1. The van der Waals surface area contributed by atoms with Crippen LogP contribution in [0.1, 0.15) is 55.6 Å². The minimum atomic E-state index is -1.01. The highest BCUT2D eigenvalue weighted by Crippen LogP contribution is 2.37. The van der Waals surface area contributed by atoms with Crippen LogP contribution in [0.25, 0.3) is 0 Å². The Morgan fingerprint density at radius 2 is 1.67 bits per heavy atom. The van der Waals surface area contributed by atoms with Gasteiger partial charge in [0.15, 0.2) is 12.1 Å². The van der Waals surface area contributed by atoms with E-state index in [1.165, 1.54) is 6.07 Å². The minimum absolute atomic E-state index is 0.0190. The number of fused-ring (bicyclic) bond motifs is 3. The van der Waals surface area contributed by atoms with Gasteiger partial charge in [0.25, 0.3) is 0 Å².